The van der Waals surface area contributed by atoms with E-state index in [9.17, 15) is 9.59 Å². The Balaban J connectivity index is 1.73. The molecular weight excluding hydrogens is 476 g/mol. The van der Waals surface area contributed by atoms with Crippen LogP contribution in [0.2, 0.25) is 0 Å². The van der Waals surface area contributed by atoms with Crippen LogP contribution >= 0.6 is 0 Å². The molecule has 38 heavy (non-hydrogen) atoms. The van der Waals surface area contributed by atoms with Crippen molar-refractivity contribution in [1.29, 1.82) is 0 Å². The second kappa shape index (κ2) is 12.6. The number of esters is 2. The maximum Gasteiger partial charge on any atom is 0.307 e. The van der Waals surface area contributed by atoms with Gasteiger partial charge in [-0.15, -0.1) is 0 Å². The van der Waals surface area contributed by atoms with Crippen LogP contribution in [-0.4, -0.2) is 75.2 Å². The third-order valence-corrected chi connectivity index (χ3v) is 6.47. The molecule has 0 N–H and O–H groups in total. The minimum absolute atomic E-state index is 0.238. The normalized spacial score (nSPS) is 16.8. The van der Waals surface area contributed by atoms with Crippen LogP contribution in [0.1, 0.15) is 36.8 Å². The van der Waals surface area contributed by atoms with Gasteiger partial charge in [-0.05, 0) is 49.7 Å². The zero-order valence-corrected chi connectivity index (χ0v) is 22.5. The molecule has 0 aliphatic heterocycles. The number of hydrogen-bond donors (Lipinski definition) is 0. The van der Waals surface area contributed by atoms with Crippen LogP contribution in [0.4, 0.5) is 0 Å². The Bertz CT molecular complexity index is 1340. The lowest BCUT2D eigenvalue weighted by Crippen LogP contribution is -2.36. The van der Waals surface area contributed by atoms with Crippen LogP contribution in [0.3, 0.4) is 0 Å². The molecule has 0 saturated carbocycles. The van der Waals surface area contributed by atoms with Crippen molar-refractivity contribution in [2.75, 3.05) is 41.3 Å². The largest absolute Gasteiger partial charge is 0.457 e. The average molecular weight is 511 g/mol. The molecule has 0 fully saturated rings. The van der Waals surface area contributed by atoms with E-state index in [1.807, 2.05) is 62.3 Å². The summed E-state index contributed by atoms with van der Waals surface area (Å²) in [5, 5.41) is 4.31. The summed E-state index contributed by atoms with van der Waals surface area (Å²) < 4.78 is 11.7. The summed E-state index contributed by atoms with van der Waals surface area (Å²) in [4.78, 5) is 29.2. The van der Waals surface area contributed by atoms with Gasteiger partial charge in [-0.25, -0.2) is 0 Å². The first-order valence-corrected chi connectivity index (χ1v) is 12.9. The van der Waals surface area contributed by atoms with Gasteiger partial charge in [-0.2, -0.15) is 0 Å². The topological polar surface area (TPSA) is 59.1 Å². The van der Waals surface area contributed by atoms with E-state index in [0.717, 1.165) is 32.7 Å². The van der Waals surface area contributed by atoms with E-state index >= 15 is 0 Å². The highest BCUT2D eigenvalue weighted by atomic mass is 16.6. The zero-order chi connectivity index (χ0) is 27.1. The SMILES string of the molecule is CN(C)CCC(=O)O[C@H]1CC#Cc2c(c3ccccc3c3ccccc23)C#CC[C@@H]1OC(=O)CCN(C)C. The molecule has 6 nitrogen and oxygen atoms in total. The molecule has 1 aliphatic rings. The van der Waals surface area contributed by atoms with Gasteiger partial charge < -0.3 is 19.3 Å². The maximum absolute atomic E-state index is 12.7. The van der Waals surface area contributed by atoms with E-state index in [1.54, 1.807) is 0 Å². The summed E-state index contributed by atoms with van der Waals surface area (Å²) in [5.41, 5.74) is 1.73. The molecule has 6 heteroatoms. The van der Waals surface area contributed by atoms with E-state index < -0.39 is 12.2 Å². The van der Waals surface area contributed by atoms with Crippen molar-refractivity contribution < 1.29 is 19.1 Å². The number of ether oxygens (including phenoxy) is 2. The molecule has 0 bridgehead atoms. The Morgan fingerprint density at radius 2 is 1.05 bits per heavy atom. The van der Waals surface area contributed by atoms with Gasteiger partial charge in [0.2, 0.25) is 0 Å². The van der Waals surface area contributed by atoms with Crippen molar-refractivity contribution in [3.05, 3.63) is 59.7 Å². The Labute approximate surface area is 224 Å². The Morgan fingerprint density at radius 1 is 0.684 bits per heavy atom. The van der Waals surface area contributed by atoms with Gasteiger partial charge in [-0.3, -0.25) is 9.59 Å². The van der Waals surface area contributed by atoms with Crippen LogP contribution in [0, 0.1) is 23.7 Å². The number of nitrogens with zero attached hydrogens (tertiary/aromatic N) is 2. The predicted octanol–water partition coefficient (Wildman–Crippen LogP) is 4.22. The molecule has 0 unspecified atom stereocenters. The number of carbonyl (C=O) groups excluding carboxylic acids is 2. The van der Waals surface area contributed by atoms with E-state index in [4.69, 9.17) is 9.47 Å². The van der Waals surface area contributed by atoms with Crippen LogP contribution < -0.4 is 0 Å². The van der Waals surface area contributed by atoms with Crippen LogP contribution in [0.25, 0.3) is 21.5 Å². The summed E-state index contributed by atoms with van der Waals surface area (Å²) in [6, 6.07) is 16.4. The molecule has 4 rings (SSSR count). The molecule has 0 spiro atoms. The lowest BCUT2D eigenvalue weighted by atomic mass is 9.91. The summed E-state index contributed by atoms with van der Waals surface area (Å²) in [6.45, 7) is 1.13. The number of fused-ring (bicyclic) bond motifs is 6. The lowest BCUT2D eigenvalue weighted by molar-refractivity contribution is -0.167. The summed E-state index contributed by atoms with van der Waals surface area (Å²) in [5.74, 6) is 12.5. The van der Waals surface area contributed by atoms with Gasteiger partial charge in [-0.1, -0.05) is 72.2 Å². The van der Waals surface area contributed by atoms with Gasteiger partial charge in [0.05, 0.1) is 25.7 Å². The molecule has 3 aromatic rings. The molecule has 0 heterocycles. The third-order valence-electron chi connectivity index (χ3n) is 6.47. The molecule has 0 radical (unpaired) electrons. The Hall–Kier alpha value is -3.84. The van der Waals surface area contributed by atoms with E-state index in [0.29, 0.717) is 13.1 Å². The Morgan fingerprint density at radius 3 is 1.42 bits per heavy atom. The average Bonchev–Trinajstić information content (AvgIpc) is 2.90. The minimum Gasteiger partial charge on any atom is -0.457 e. The minimum atomic E-state index is -0.706. The molecule has 3 aromatic carbocycles. The van der Waals surface area contributed by atoms with E-state index in [1.165, 1.54) is 0 Å². The molecule has 0 saturated heterocycles. The van der Waals surface area contributed by atoms with E-state index in [-0.39, 0.29) is 37.6 Å². The smallest absolute Gasteiger partial charge is 0.307 e. The fourth-order valence-electron chi connectivity index (χ4n) is 4.46. The predicted molar refractivity (Wildman–Crippen MR) is 151 cm³/mol. The van der Waals surface area contributed by atoms with Gasteiger partial charge >= 0.3 is 11.9 Å². The van der Waals surface area contributed by atoms with Crippen LogP contribution in [-0.2, 0) is 19.1 Å². The van der Waals surface area contributed by atoms with Crippen molar-refractivity contribution in [3.8, 4) is 23.7 Å². The van der Waals surface area contributed by atoms with E-state index in [2.05, 4.69) is 47.9 Å². The fourth-order valence-corrected chi connectivity index (χ4v) is 4.46. The maximum atomic E-state index is 12.7. The number of rotatable bonds is 8. The van der Waals surface area contributed by atoms with Crippen molar-refractivity contribution in [2.45, 2.75) is 37.9 Å². The first kappa shape index (κ1) is 27.2. The molecule has 1 aliphatic carbocycles. The second-order valence-corrected chi connectivity index (χ2v) is 10.0. The van der Waals surface area contributed by atoms with Gasteiger partial charge in [0.1, 0.15) is 0 Å². The third kappa shape index (κ3) is 6.72. The number of benzene rings is 3. The monoisotopic (exact) mass is 510 g/mol. The zero-order valence-electron chi connectivity index (χ0n) is 22.5. The summed E-state index contributed by atoms with van der Waals surface area (Å²) >= 11 is 0. The highest BCUT2D eigenvalue weighted by Gasteiger charge is 2.28. The molecular formula is C32H34N2O4. The first-order valence-electron chi connectivity index (χ1n) is 12.9. The standard InChI is InChI=1S/C32H34N2O4/c1-33(2)21-19-31(35)37-29-17-9-15-27-25-13-7-5-11-23(25)24-12-6-8-14-26(24)28(27)16-10-18-30(29)38-32(36)20-22-34(3)4/h5-8,11-14,29-30H,17-22H2,1-4H3/t29-,30-/m0/s1. The summed E-state index contributed by atoms with van der Waals surface area (Å²) in [6.07, 6.45) is -0.457. The van der Waals surface area contributed by atoms with Gasteiger partial charge in [0.25, 0.3) is 0 Å². The number of hydrogen-bond acceptors (Lipinski definition) is 6. The molecule has 0 amide bonds. The molecule has 2 atom stereocenters. The summed E-state index contributed by atoms with van der Waals surface area (Å²) in [7, 11) is 7.61. The number of carbonyl (C=O) groups is 2. The fraction of sp³-hybridized carbons (Fsp3) is 0.375. The lowest BCUT2D eigenvalue weighted by Gasteiger charge is -2.25. The second-order valence-electron chi connectivity index (χ2n) is 10.0. The quantitative estimate of drug-likeness (QED) is 0.257. The highest BCUT2D eigenvalue weighted by Crippen LogP contribution is 2.32. The Kier molecular flexibility index (Phi) is 9.02. The van der Waals surface area contributed by atoms with Crippen molar-refractivity contribution in [3.63, 3.8) is 0 Å². The molecule has 196 valence electrons. The van der Waals surface area contributed by atoms with Gasteiger partial charge in [0, 0.05) is 24.2 Å². The molecule has 0 aromatic heterocycles. The van der Waals surface area contributed by atoms with Crippen LogP contribution in [0.5, 0.6) is 0 Å². The highest BCUT2D eigenvalue weighted by molar-refractivity contribution is 6.12. The first-order chi connectivity index (χ1) is 18.3. The van der Waals surface area contributed by atoms with Crippen molar-refractivity contribution >= 4 is 33.5 Å². The van der Waals surface area contributed by atoms with Crippen LogP contribution in [0.15, 0.2) is 48.5 Å². The van der Waals surface area contributed by atoms with Crippen molar-refractivity contribution in [2.24, 2.45) is 0 Å². The van der Waals surface area contributed by atoms with Gasteiger partial charge in [0.15, 0.2) is 12.2 Å². The van der Waals surface area contributed by atoms with Crippen molar-refractivity contribution in [1.82, 2.24) is 9.80 Å².